The zero-order chi connectivity index (χ0) is 15.2. The van der Waals surface area contributed by atoms with Crippen LogP contribution in [0.4, 0.5) is 0 Å². The summed E-state index contributed by atoms with van der Waals surface area (Å²) in [5.74, 6) is 0.817. The largest absolute Gasteiger partial charge is 0.378 e. The Morgan fingerprint density at radius 3 is 2.87 bits per heavy atom. The number of carbonyl (C=O) groups is 1. The maximum Gasteiger partial charge on any atom is 0.237 e. The molecule has 1 amide bonds. The molecule has 3 aliphatic rings. The molecule has 3 heterocycles. The summed E-state index contributed by atoms with van der Waals surface area (Å²) < 4.78 is 5.72. The Balaban J connectivity index is 0.00000192. The van der Waals surface area contributed by atoms with Crippen molar-refractivity contribution in [1.82, 2.24) is 15.5 Å². The quantitative estimate of drug-likeness (QED) is 0.767. The van der Waals surface area contributed by atoms with E-state index in [2.05, 4.69) is 15.5 Å². The van der Waals surface area contributed by atoms with Gasteiger partial charge in [0.2, 0.25) is 5.91 Å². The van der Waals surface area contributed by atoms with Gasteiger partial charge in [-0.25, -0.2) is 0 Å². The Morgan fingerprint density at radius 1 is 1.22 bits per heavy atom. The summed E-state index contributed by atoms with van der Waals surface area (Å²) in [4.78, 5) is 14.6. The fourth-order valence-electron chi connectivity index (χ4n) is 4.00. The van der Waals surface area contributed by atoms with Crippen LogP contribution in [0.25, 0.3) is 0 Å². The third-order valence-corrected chi connectivity index (χ3v) is 5.34. The minimum atomic E-state index is 0. The van der Waals surface area contributed by atoms with Crippen LogP contribution in [0.1, 0.15) is 44.9 Å². The van der Waals surface area contributed by atoms with E-state index in [0.29, 0.717) is 12.0 Å². The molecule has 3 atom stereocenters. The van der Waals surface area contributed by atoms with Crippen molar-refractivity contribution in [3.05, 3.63) is 0 Å². The van der Waals surface area contributed by atoms with Crippen molar-refractivity contribution < 1.29 is 9.53 Å². The van der Waals surface area contributed by atoms with Gasteiger partial charge >= 0.3 is 0 Å². The summed E-state index contributed by atoms with van der Waals surface area (Å²) >= 11 is 0. The van der Waals surface area contributed by atoms with Gasteiger partial charge in [0.25, 0.3) is 0 Å². The van der Waals surface area contributed by atoms with Crippen molar-refractivity contribution in [2.24, 2.45) is 5.92 Å². The van der Waals surface area contributed by atoms with Gasteiger partial charge in [0.1, 0.15) is 0 Å². The minimum absolute atomic E-state index is 0. The number of likely N-dealkylation sites (tertiary alicyclic amines) is 1. The first-order chi connectivity index (χ1) is 10.8. The molecule has 3 aliphatic heterocycles. The van der Waals surface area contributed by atoms with Gasteiger partial charge in [0.15, 0.2) is 0 Å². The molecule has 23 heavy (non-hydrogen) atoms. The van der Waals surface area contributed by atoms with E-state index in [0.717, 1.165) is 45.6 Å². The molecule has 0 spiro atoms. The first kappa shape index (κ1) is 19.0. The number of hydrogen-bond acceptors (Lipinski definition) is 4. The molecule has 134 valence electrons. The summed E-state index contributed by atoms with van der Waals surface area (Å²) in [5, 5.41) is 6.43. The van der Waals surface area contributed by atoms with E-state index >= 15 is 0 Å². The second kappa shape index (κ2) is 9.82. The number of halogens is 1. The van der Waals surface area contributed by atoms with Gasteiger partial charge < -0.3 is 20.3 Å². The van der Waals surface area contributed by atoms with Gasteiger partial charge in [-0.15, -0.1) is 12.4 Å². The van der Waals surface area contributed by atoms with E-state index in [1.165, 1.54) is 38.6 Å². The predicted molar refractivity (Wildman–Crippen MR) is 94.0 cm³/mol. The van der Waals surface area contributed by atoms with E-state index in [1.807, 2.05) is 0 Å². The average Bonchev–Trinajstić information content (AvgIpc) is 3.24. The fourth-order valence-corrected chi connectivity index (χ4v) is 4.00. The number of nitrogens with zero attached hydrogens (tertiary/aromatic N) is 1. The van der Waals surface area contributed by atoms with E-state index in [-0.39, 0.29) is 24.4 Å². The van der Waals surface area contributed by atoms with Gasteiger partial charge in [-0.1, -0.05) is 0 Å². The van der Waals surface area contributed by atoms with Crippen LogP contribution in [0.2, 0.25) is 0 Å². The summed E-state index contributed by atoms with van der Waals surface area (Å²) in [6.07, 6.45) is 8.75. The lowest BCUT2D eigenvalue weighted by Crippen LogP contribution is -2.45. The van der Waals surface area contributed by atoms with Crippen LogP contribution < -0.4 is 10.6 Å². The minimum Gasteiger partial charge on any atom is -0.378 e. The Bertz CT molecular complexity index is 358. The third-order valence-electron chi connectivity index (χ3n) is 5.34. The molecule has 6 heteroatoms. The fraction of sp³-hybridized carbons (Fsp3) is 0.941. The first-order valence-electron chi connectivity index (χ1n) is 9.16. The van der Waals surface area contributed by atoms with Gasteiger partial charge in [0.05, 0.1) is 12.1 Å². The van der Waals surface area contributed by atoms with Crippen molar-refractivity contribution in [2.75, 3.05) is 39.3 Å². The zero-order valence-electron chi connectivity index (χ0n) is 14.1. The van der Waals surface area contributed by atoms with Crippen LogP contribution in [0.3, 0.4) is 0 Å². The normalized spacial score (nSPS) is 31.7. The molecule has 0 aliphatic carbocycles. The van der Waals surface area contributed by atoms with Crippen molar-refractivity contribution in [3.63, 3.8) is 0 Å². The lowest BCUT2D eigenvalue weighted by molar-refractivity contribution is -0.123. The molecule has 0 aromatic rings. The van der Waals surface area contributed by atoms with Gasteiger partial charge in [0, 0.05) is 26.2 Å². The number of rotatable bonds is 6. The van der Waals surface area contributed by atoms with Crippen LogP contribution in [0, 0.1) is 5.92 Å². The van der Waals surface area contributed by atoms with Gasteiger partial charge in [-0.3, -0.25) is 4.79 Å². The smallest absolute Gasteiger partial charge is 0.237 e. The summed E-state index contributed by atoms with van der Waals surface area (Å²) in [7, 11) is 0. The Hall–Kier alpha value is -0.360. The highest BCUT2D eigenvalue weighted by molar-refractivity contribution is 5.85. The molecule has 3 unspecified atom stereocenters. The van der Waals surface area contributed by atoms with Gasteiger partial charge in [-0.2, -0.15) is 0 Å². The predicted octanol–water partition coefficient (Wildman–Crippen LogP) is 1.56. The van der Waals surface area contributed by atoms with Crippen LogP contribution in [0.15, 0.2) is 0 Å². The molecule has 3 fully saturated rings. The van der Waals surface area contributed by atoms with Crippen LogP contribution >= 0.6 is 12.4 Å². The van der Waals surface area contributed by atoms with Crippen LogP contribution in [0.5, 0.6) is 0 Å². The summed E-state index contributed by atoms with van der Waals surface area (Å²) in [6.45, 7) is 6.27. The zero-order valence-corrected chi connectivity index (χ0v) is 14.9. The average molecular weight is 346 g/mol. The van der Waals surface area contributed by atoms with Crippen molar-refractivity contribution in [3.8, 4) is 0 Å². The molecule has 0 bridgehead atoms. The topological polar surface area (TPSA) is 53.6 Å². The molecule has 3 rings (SSSR count). The number of ether oxygens (including phenoxy) is 1. The molecule has 0 radical (unpaired) electrons. The van der Waals surface area contributed by atoms with E-state index in [4.69, 9.17) is 4.74 Å². The highest BCUT2D eigenvalue weighted by Crippen LogP contribution is 2.19. The maximum atomic E-state index is 12.1. The highest BCUT2D eigenvalue weighted by Gasteiger charge is 2.25. The molecule has 3 saturated heterocycles. The molecule has 0 aromatic carbocycles. The molecular formula is C17H32ClN3O2. The number of nitrogens with one attached hydrogen (secondary N) is 2. The van der Waals surface area contributed by atoms with E-state index in [1.54, 1.807) is 0 Å². The summed E-state index contributed by atoms with van der Waals surface area (Å²) in [6, 6.07) is 0.0548. The first-order valence-corrected chi connectivity index (χ1v) is 9.16. The van der Waals surface area contributed by atoms with Crippen molar-refractivity contribution in [2.45, 2.75) is 57.1 Å². The number of carbonyl (C=O) groups excluding carboxylic acids is 1. The summed E-state index contributed by atoms with van der Waals surface area (Å²) in [5.41, 5.74) is 0. The Labute approximate surface area is 146 Å². The number of piperidine rings is 1. The molecule has 0 aromatic heterocycles. The number of hydrogen-bond donors (Lipinski definition) is 2. The van der Waals surface area contributed by atoms with E-state index < -0.39 is 0 Å². The molecular weight excluding hydrogens is 314 g/mol. The highest BCUT2D eigenvalue weighted by atomic mass is 35.5. The molecule has 5 nitrogen and oxygen atoms in total. The lowest BCUT2D eigenvalue weighted by Gasteiger charge is -2.33. The molecule has 2 N–H and O–H groups in total. The Morgan fingerprint density at radius 2 is 2.13 bits per heavy atom. The second-order valence-corrected chi connectivity index (χ2v) is 7.13. The van der Waals surface area contributed by atoms with Crippen LogP contribution in [-0.4, -0.2) is 62.3 Å². The number of amides is 1. The second-order valence-electron chi connectivity index (χ2n) is 7.13. The lowest BCUT2D eigenvalue weighted by atomic mass is 9.97. The third kappa shape index (κ3) is 5.89. The molecule has 0 saturated carbocycles. The Kier molecular flexibility index (Phi) is 8.10. The monoisotopic (exact) mass is 345 g/mol. The standard InChI is InChI=1S/C17H31N3O2.ClH/c21-17(16-6-1-8-18-16)19-12-14-4-2-9-20(13-14)10-7-15-5-3-11-22-15;/h14-16,18H,1-13H2,(H,19,21);1H. The van der Waals surface area contributed by atoms with Gasteiger partial charge in [-0.05, 0) is 64.0 Å². The van der Waals surface area contributed by atoms with Crippen molar-refractivity contribution >= 4 is 18.3 Å². The maximum absolute atomic E-state index is 12.1. The van der Waals surface area contributed by atoms with Crippen LogP contribution in [-0.2, 0) is 9.53 Å². The van der Waals surface area contributed by atoms with Crippen molar-refractivity contribution in [1.29, 1.82) is 0 Å². The SMILES string of the molecule is Cl.O=C(NCC1CCCN(CCC2CCCO2)C1)C1CCCN1. The van der Waals surface area contributed by atoms with E-state index in [9.17, 15) is 4.79 Å².